The van der Waals surface area contributed by atoms with Crippen molar-refractivity contribution in [2.75, 3.05) is 51.6 Å². The first-order valence-corrected chi connectivity index (χ1v) is 15.3. The molecule has 232 valence electrons. The average molecular weight is 642 g/mol. The van der Waals surface area contributed by atoms with E-state index >= 15 is 0 Å². The number of carbonyl (C=O) groups excluding carboxylic acids is 1. The van der Waals surface area contributed by atoms with Gasteiger partial charge in [-0.1, -0.05) is 11.6 Å². The number of fused-ring (bicyclic) bond motifs is 1. The first-order chi connectivity index (χ1) is 21.1. The van der Waals surface area contributed by atoms with E-state index in [2.05, 4.69) is 20.8 Å². The largest absolute Gasteiger partial charge is 0.497 e. The standard InChI is InChI=1S/C30H32ClN5O7S/c1-19-15-25(23-16-20(31)5-10-24(23)33-19)32-12-14-36(44(39,40)22-8-6-21(41-2)7-9-22)13-11-30(37)34-26-17-29(43-4)27(35-38)18-28(26)42-3/h5-10,15-18H,11-14H2,1-4H3,(H,32,33)(H,34,37). The number of halogens is 1. The quantitative estimate of drug-likeness (QED) is 0.164. The number of pyridine rings is 1. The number of methoxy groups -OCH3 is 3. The van der Waals surface area contributed by atoms with Gasteiger partial charge < -0.3 is 24.8 Å². The number of rotatable bonds is 14. The summed E-state index contributed by atoms with van der Waals surface area (Å²) in [7, 11) is 0.227. The Morgan fingerprint density at radius 2 is 1.66 bits per heavy atom. The summed E-state index contributed by atoms with van der Waals surface area (Å²) in [6.07, 6.45) is -0.179. The van der Waals surface area contributed by atoms with Crippen LogP contribution in [-0.4, -0.2) is 64.6 Å². The van der Waals surface area contributed by atoms with Crippen LogP contribution in [-0.2, 0) is 14.8 Å². The molecule has 3 aromatic carbocycles. The Morgan fingerprint density at radius 3 is 2.32 bits per heavy atom. The fourth-order valence-corrected chi connectivity index (χ4v) is 6.14. The predicted octanol–water partition coefficient (Wildman–Crippen LogP) is 5.75. The number of nitroso groups, excluding NO2 is 1. The molecule has 2 N–H and O–H groups in total. The van der Waals surface area contributed by atoms with Crippen molar-refractivity contribution in [3.63, 3.8) is 0 Å². The minimum absolute atomic E-state index is 0.00560. The topological polar surface area (TPSA) is 149 Å². The Bertz CT molecular complexity index is 1770. The third-order valence-corrected chi connectivity index (χ3v) is 8.88. The fraction of sp³-hybridized carbons (Fsp3) is 0.267. The lowest BCUT2D eigenvalue weighted by atomic mass is 10.1. The molecule has 0 aliphatic rings. The molecule has 0 bridgehead atoms. The third kappa shape index (κ3) is 7.54. The van der Waals surface area contributed by atoms with Gasteiger partial charge in [0.1, 0.15) is 17.2 Å². The van der Waals surface area contributed by atoms with Gasteiger partial charge in [0.25, 0.3) is 0 Å². The predicted molar refractivity (Wildman–Crippen MR) is 170 cm³/mol. The molecule has 1 aromatic heterocycles. The van der Waals surface area contributed by atoms with Gasteiger partial charge in [0.2, 0.25) is 15.9 Å². The lowest BCUT2D eigenvalue weighted by molar-refractivity contribution is -0.116. The molecule has 0 unspecified atom stereocenters. The minimum Gasteiger partial charge on any atom is -0.497 e. The summed E-state index contributed by atoms with van der Waals surface area (Å²) in [4.78, 5) is 28.7. The molecule has 0 aliphatic heterocycles. The van der Waals surface area contributed by atoms with Crippen molar-refractivity contribution < 1.29 is 27.4 Å². The minimum atomic E-state index is -4.01. The van der Waals surface area contributed by atoms with Gasteiger partial charge >= 0.3 is 0 Å². The summed E-state index contributed by atoms with van der Waals surface area (Å²) < 4.78 is 44.3. The first kappa shape index (κ1) is 32.5. The molecule has 1 heterocycles. The lowest BCUT2D eigenvalue weighted by Gasteiger charge is -2.23. The van der Waals surface area contributed by atoms with Crippen LogP contribution < -0.4 is 24.8 Å². The van der Waals surface area contributed by atoms with Gasteiger partial charge in [-0.15, -0.1) is 4.91 Å². The van der Waals surface area contributed by atoms with E-state index in [0.717, 1.165) is 22.3 Å². The second-order valence-corrected chi connectivity index (χ2v) is 12.0. The smallest absolute Gasteiger partial charge is 0.243 e. The van der Waals surface area contributed by atoms with Crippen LogP contribution in [0, 0.1) is 11.8 Å². The molecule has 0 fully saturated rings. The van der Waals surface area contributed by atoms with Gasteiger partial charge in [-0.05, 0) is 60.6 Å². The second-order valence-electron chi connectivity index (χ2n) is 9.59. The van der Waals surface area contributed by atoms with Crippen molar-refractivity contribution in [2.45, 2.75) is 18.2 Å². The molecule has 4 aromatic rings. The summed E-state index contributed by atoms with van der Waals surface area (Å²) in [5.41, 5.74) is 2.53. The first-order valence-electron chi connectivity index (χ1n) is 13.4. The number of nitrogens with zero attached hydrogens (tertiary/aromatic N) is 3. The molecule has 0 aliphatic carbocycles. The molecular formula is C30H32ClN5O7S. The number of hydrogen-bond donors (Lipinski definition) is 2. The van der Waals surface area contributed by atoms with E-state index in [0.29, 0.717) is 10.8 Å². The SMILES string of the molecule is COc1ccc(S(=O)(=O)N(CCNc2cc(C)nc3ccc(Cl)cc23)CCC(=O)Nc2cc(OC)c(N=O)cc2OC)cc1. The molecule has 4 rings (SSSR count). The van der Waals surface area contributed by atoms with Crippen molar-refractivity contribution in [3.8, 4) is 17.2 Å². The Kier molecular flexibility index (Phi) is 10.6. The van der Waals surface area contributed by atoms with Crippen LogP contribution in [0.2, 0.25) is 5.02 Å². The number of ether oxygens (including phenoxy) is 3. The Balaban J connectivity index is 1.55. The monoisotopic (exact) mass is 641 g/mol. The maximum Gasteiger partial charge on any atom is 0.243 e. The van der Waals surface area contributed by atoms with Gasteiger partial charge in [0.05, 0.1) is 37.4 Å². The van der Waals surface area contributed by atoms with Crippen LogP contribution in [0.4, 0.5) is 17.1 Å². The van der Waals surface area contributed by atoms with E-state index in [4.69, 9.17) is 25.8 Å². The molecule has 0 saturated carbocycles. The zero-order valence-corrected chi connectivity index (χ0v) is 26.2. The molecule has 12 nitrogen and oxygen atoms in total. The van der Waals surface area contributed by atoms with Gasteiger partial charge in [-0.2, -0.15) is 4.31 Å². The average Bonchev–Trinajstić information content (AvgIpc) is 3.02. The summed E-state index contributed by atoms with van der Waals surface area (Å²) in [5.74, 6) is 0.368. The number of hydrogen-bond acceptors (Lipinski definition) is 10. The van der Waals surface area contributed by atoms with Crippen molar-refractivity contribution in [2.24, 2.45) is 5.18 Å². The number of aryl methyl sites for hydroxylation is 1. The Labute approximate surface area is 260 Å². The molecule has 0 atom stereocenters. The Hall–Kier alpha value is -4.46. The number of carbonyl (C=O) groups is 1. The number of anilines is 2. The highest BCUT2D eigenvalue weighted by molar-refractivity contribution is 7.89. The van der Waals surface area contributed by atoms with Gasteiger partial charge in [-0.3, -0.25) is 9.78 Å². The molecule has 0 radical (unpaired) electrons. The zero-order valence-electron chi connectivity index (χ0n) is 24.6. The fourth-order valence-electron chi connectivity index (χ4n) is 4.53. The van der Waals surface area contributed by atoms with Gasteiger partial charge in [0, 0.05) is 60.0 Å². The van der Waals surface area contributed by atoms with E-state index in [-0.39, 0.29) is 53.8 Å². The highest BCUT2D eigenvalue weighted by atomic mass is 35.5. The van der Waals surface area contributed by atoms with E-state index < -0.39 is 15.9 Å². The van der Waals surface area contributed by atoms with Crippen LogP contribution in [0.25, 0.3) is 10.9 Å². The van der Waals surface area contributed by atoms with Crippen LogP contribution in [0.3, 0.4) is 0 Å². The maximum absolute atomic E-state index is 13.7. The number of aromatic nitrogens is 1. The second kappa shape index (κ2) is 14.3. The molecule has 44 heavy (non-hydrogen) atoms. The summed E-state index contributed by atoms with van der Waals surface area (Å²) in [6.45, 7) is 2.01. The molecule has 0 spiro atoms. The lowest BCUT2D eigenvalue weighted by Crippen LogP contribution is -2.37. The van der Waals surface area contributed by atoms with Crippen LogP contribution in [0.15, 0.2) is 70.7 Å². The Morgan fingerprint density at radius 1 is 0.932 bits per heavy atom. The van der Waals surface area contributed by atoms with Gasteiger partial charge in [-0.25, -0.2) is 8.42 Å². The maximum atomic E-state index is 13.7. The highest BCUT2D eigenvalue weighted by Gasteiger charge is 2.25. The molecular weight excluding hydrogens is 610 g/mol. The summed E-state index contributed by atoms with van der Waals surface area (Å²) in [6, 6.07) is 16.0. The molecule has 0 saturated heterocycles. The van der Waals surface area contributed by atoms with Crippen LogP contribution >= 0.6 is 11.6 Å². The summed E-state index contributed by atoms with van der Waals surface area (Å²) >= 11 is 6.22. The van der Waals surface area contributed by atoms with E-state index in [1.54, 1.807) is 24.3 Å². The van der Waals surface area contributed by atoms with E-state index in [1.807, 2.05) is 19.1 Å². The normalized spacial score (nSPS) is 11.3. The van der Waals surface area contributed by atoms with Crippen LogP contribution in [0.5, 0.6) is 17.2 Å². The van der Waals surface area contributed by atoms with Gasteiger partial charge in [0.15, 0.2) is 5.69 Å². The van der Waals surface area contributed by atoms with Crippen molar-refractivity contribution in [3.05, 3.63) is 76.3 Å². The van der Waals surface area contributed by atoms with Crippen molar-refractivity contribution in [1.29, 1.82) is 0 Å². The van der Waals surface area contributed by atoms with Crippen molar-refractivity contribution >= 4 is 55.5 Å². The highest BCUT2D eigenvalue weighted by Crippen LogP contribution is 2.38. The summed E-state index contributed by atoms with van der Waals surface area (Å²) in [5, 5.41) is 10.3. The van der Waals surface area contributed by atoms with E-state index in [9.17, 15) is 18.1 Å². The molecule has 14 heteroatoms. The molecule has 1 amide bonds. The van der Waals surface area contributed by atoms with Crippen molar-refractivity contribution in [1.82, 2.24) is 9.29 Å². The van der Waals surface area contributed by atoms with E-state index in [1.165, 1.54) is 49.9 Å². The number of nitrogens with one attached hydrogen (secondary N) is 2. The number of amides is 1. The van der Waals surface area contributed by atoms with Crippen LogP contribution in [0.1, 0.15) is 12.1 Å². The third-order valence-electron chi connectivity index (χ3n) is 6.73. The number of sulfonamides is 1. The number of benzene rings is 3. The zero-order chi connectivity index (χ0) is 31.9.